The number of anilines is 1. The molecular weight excluding hydrogens is 345 g/mol. The number of benzene rings is 1. The number of hydrogen-bond donors (Lipinski definition) is 0. The number of urea groups is 1. The van der Waals surface area contributed by atoms with Gasteiger partial charge in [-0.05, 0) is 57.7 Å². The first-order valence-electron chi connectivity index (χ1n) is 9.29. The van der Waals surface area contributed by atoms with Crippen LogP contribution in [0.15, 0.2) is 24.3 Å². The summed E-state index contributed by atoms with van der Waals surface area (Å²) in [6.45, 7) is 6.62. The average Bonchev–Trinajstić information content (AvgIpc) is 2.98. The van der Waals surface area contributed by atoms with Crippen molar-refractivity contribution in [1.29, 1.82) is 5.26 Å². The molecule has 0 bridgehead atoms. The molecule has 0 spiro atoms. The van der Waals surface area contributed by atoms with Gasteiger partial charge in [0.1, 0.15) is 5.75 Å². The highest BCUT2D eigenvalue weighted by Crippen LogP contribution is 2.31. The molecule has 0 radical (unpaired) electrons. The van der Waals surface area contributed by atoms with Gasteiger partial charge in [0, 0.05) is 30.8 Å². The van der Waals surface area contributed by atoms with E-state index in [1.807, 2.05) is 17.0 Å². The van der Waals surface area contributed by atoms with Gasteiger partial charge in [-0.1, -0.05) is 0 Å². The van der Waals surface area contributed by atoms with E-state index in [0.717, 1.165) is 18.3 Å². The molecular formula is C19H24BN3O4. The lowest BCUT2D eigenvalue weighted by atomic mass is 9.44. The van der Waals surface area contributed by atoms with Crippen molar-refractivity contribution in [2.75, 3.05) is 24.6 Å². The molecule has 0 saturated carbocycles. The van der Waals surface area contributed by atoms with Crippen LogP contribution in [0.5, 0.6) is 5.75 Å². The molecule has 27 heavy (non-hydrogen) atoms. The highest BCUT2D eigenvalue weighted by atomic mass is 16.6. The van der Waals surface area contributed by atoms with Crippen molar-refractivity contribution in [3.8, 4) is 11.7 Å². The predicted octanol–water partition coefficient (Wildman–Crippen LogP) is 2.59. The average molecular weight is 369 g/mol. The van der Waals surface area contributed by atoms with Crippen LogP contribution in [0.4, 0.5) is 10.5 Å². The third kappa shape index (κ3) is 3.87. The predicted molar refractivity (Wildman–Crippen MR) is 102 cm³/mol. The minimum absolute atomic E-state index is 0.0167. The second kappa shape index (κ2) is 7.51. The van der Waals surface area contributed by atoms with E-state index in [1.54, 1.807) is 37.8 Å². The van der Waals surface area contributed by atoms with Crippen LogP contribution >= 0.6 is 0 Å². The van der Waals surface area contributed by atoms with E-state index in [2.05, 4.69) is 5.97 Å². The van der Waals surface area contributed by atoms with Gasteiger partial charge in [0.25, 0.3) is 6.71 Å². The molecule has 1 atom stereocenters. The van der Waals surface area contributed by atoms with Gasteiger partial charge < -0.3 is 14.4 Å². The second-order valence-electron chi connectivity index (χ2n) is 7.42. The van der Waals surface area contributed by atoms with Crippen LogP contribution in [0, 0.1) is 11.2 Å². The maximum absolute atomic E-state index is 12.7. The van der Waals surface area contributed by atoms with Crippen molar-refractivity contribution in [3.05, 3.63) is 24.3 Å². The molecule has 2 saturated heterocycles. The Hall–Kier alpha value is -2.69. The summed E-state index contributed by atoms with van der Waals surface area (Å²) in [5.74, 6) is 2.43. The molecule has 1 unspecified atom stereocenters. The van der Waals surface area contributed by atoms with Crippen molar-refractivity contribution in [2.24, 2.45) is 0 Å². The fourth-order valence-corrected chi connectivity index (χ4v) is 3.59. The number of rotatable bonds is 5. The maximum Gasteiger partial charge on any atom is 0.349 e. The molecule has 8 heteroatoms. The van der Waals surface area contributed by atoms with Crippen molar-refractivity contribution in [3.63, 3.8) is 0 Å². The lowest BCUT2D eigenvalue weighted by Crippen LogP contribution is -2.43. The Labute approximate surface area is 159 Å². The molecule has 1 aromatic carbocycles. The standard InChI is InChI=1S/C19H24BN3O4/c1-4-26-17(24)19(2,3)27-16-7-5-14(6-8-16)23-12-15-11-20(13-21)9-10-22(15)18(23)25/h5-8,15H,4,9-12H2,1-3H3. The monoisotopic (exact) mass is 369 g/mol. The van der Waals surface area contributed by atoms with E-state index in [1.165, 1.54) is 0 Å². The van der Waals surface area contributed by atoms with Crippen LogP contribution in [0.1, 0.15) is 20.8 Å². The van der Waals surface area contributed by atoms with Crippen molar-refractivity contribution >= 4 is 24.4 Å². The molecule has 0 aliphatic carbocycles. The Morgan fingerprint density at radius 2 is 2.07 bits per heavy atom. The summed E-state index contributed by atoms with van der Waals surface area (Å²) < 4.78 is 10.8. The number of carbonyl (C=O) groups is 2. The molecule has 2 fully saturated rings. The smallest absolute Gasteiger partial charge is 0.349 e. The zero-order chi connectivity index (χ0) is 19.6. The minimum Gasteiger partial charge on any atom is -0.476 e. The van der Waals surface area contributed by atoms with E-state index < -0.39 is 11.6 Å². The fourth-order valence-electron chi connectivity index (χ4n) is 3.59. The first kappa shape index (κ1) is 19.1. The van der Waals surface area contributed by atoms with Crippen LogP contribution < -0.4 is 9.64 Å². The SMILES string of the molecule is CCOC(=O)C(C)(C)Oc1ccc(N2CC3CB(C#N)CCN3C2=O)cc1. The number of nitrogens with zero attached hydrogens (tertiary/aromatic N) is 3. The molecule has 0 N–H and O–H groups in total. The summed E-state index contributed by atoms with van der Waals surface area (Å²) in [6.07, 6.45) is 1.47. The molecule has 0 aromatic heterocycles. The zero-order valence-corrected chi connectivity index (χ0v) is 16.0. The van der Waals surface area contributed by atoms with E-state index in [-0.39, 0.29) is 18.8 Å². The third-order valence-electron chi connectivity index (χ3n) is 5.06. The van der Waals surface area contributed by atoms with E-state index in [0.29, 0.717) is 25.4 Å². The van der Waals surface area contributed by atoms with Gasteiger partial charge in [0.05, 0.1) is 6.61 Å². The molecule has 142 valence electrons. The normalized spacial score (nSPS) is 19.6. The van der Waals surface area contributed by atoms with E-state index in [4.69, 9.17) is 14.7 Å². The Bertz CT molecular complexity index is 759. The summed E-state index contributed by atoms with van der Waals surface area (Å²) >= 11 is 0. The van der Waals surface area contributed by atoms with Crippen LogP contribution in [-0.4, -0.2) is 55.0 Å². The van der Waals surface area contributed by atoms with Crippen LogP contribution in [0.25, 0.3) is 0 Å². The quantitative estimate of drug-likeness (QED) is 0.589. The second-order valence-corrected chi connectivity index (χ2v) is 7.42. The Balaban J connectivity index is 1.68. The first-order chi connectivity index (χ1) is 12.9. The minimum atomic E-state index is -1.09. The fraction of sp³-hybridized carbons (Fsp3) is 0.526. The van der Waals surface area contributed by atoms with Gasteiger partial charge in [-0.25, -0.2) is 14.9 Å². The van der Waals surface area contributed by atoms with Gasteiger partial charge >= 0.3 is 12.0 Å². The lowest BCUT2D eigenvalue weighted by Gasteiger charge is -2.28. The molecule has 1 aromatic rings. The highest BCUT2D eigenvalue weighted by molar-refractivity contribution is 6.67. The summed E-state index contributed by atoms with van der Waals surface area (Å²) in [4.78, 5) is 28.2. The van der Waals surface area contributed by atoms with Crippen LogP contribution in [0.3, 0.4) is 0 Å². The Kier molecular flexibility index (Phi) is 5.31. The summed E-state index contributed by atoms with van der Waals surface area (Å²) in [5.41, 5.74) is -0.308. The topological polar surface area (TPSA) is 82.9 Å². The van der Waals surface area contributed by atoms with Gasteiger partial charge in [-0.2, -0.15) is 0 Å². The molecule has 7 nitrogen and oxygen atoms in total. The van der Waals surface area contributed by atoms with E-state index in [9.17, 15) is 9.59 Å². The third-order valence-corrected chi connectivity index (χ3v) is 5.06. The van der Waals surface area contributed by atoms with Gasteiger partial charge in [-0.3, -0.25) is 4.90 Å². The zero-order valence-electron chi connectivity index (χ0n) is 16.0. The summed E-state index contributed by atoms with van der Waals surface area (Å²) in [5, 5.41) is 9.14. The first-order valence-corrected chi connectivity index (χ1v) is 9.29. The summed E-state index contributed by atoms with van der Waals surface area (Å²) in [6, 6.07) is 7.20. The van der Waals surface area contributed by atoms with Gasteiger partial charge in [0.15, 0.2) is 5.60 Å². The van der Waals surface area contributed by atoms with Crippen LogP contribution in [0.2, 0.25) is 12.6 Å². The van der Waals surface area contributed by atoms with Crippen molar-refractivity contribution < 1.29 is 19.1 Å². The lowest BCUT2D eigenvalue weighted by molar-refractivity contribution is -0.158. The highest BCUT2D eigenvalue weighted by Gasteiger charge is 2.42. The number of carbonyl (C=O) groups excluding carboxylic acids is 2. The molecule has 2 heterocycles. The Morgan fingerprint density at radius 1 is 1.37 bits per heavy atom. The molecule has 2 amide bonds. The molecule has 2 aliphatic rings. The number of fused-ring (bicyclic) bond motifs is 1. The van der Waals surface area contributed by atoms with Crippen LogP contribution in [-0.2, 0) is 9.53 Å². The van der Waals surface area contributed by atoms with Crippen molar-refractivity contribution in [1.82, 2.24) is 4.90 Å². The largest absolute Gasteiger partial charge is 0.476 e. The Morgan fingerprint density at radius 3 is 2.70 bits per heavy atom. The summed E-state index contributed by atoms with van der Waals surface area (Å²) in [7, 11) is 0. The number of hydrogen-bond acceptors (Lipinski definition) is 5. The maximum atomic E-state index is 12.7. The van der Waals surface area contributed by atoms with Gasteiger partial charge in [-0.15, -0.1) is 0 Å². The van der Waals surface area contributed by atoms with Gasteiger partial charge in [0.2, 0.25) is 0 Å². The van der Waals surface area contributed by atoms with E-state index >= 15 is 0 Å². The number of nitriles is 1. The van der Waals surface area contributed by atoms with Crippen molar-refractivity contribution in [2.45, 2.75) is 45.1 Å². The number of amides is 2. The number of esters is 1. The molecule has 3 rings (SSSR count). The number of ether oxygens (including phenoxy) is 2. The molecule has 2 aliphatic heterocycles.